The Balaban J connectivity index is 2.74. The van der Waals surface area contributed by atoms with Gasteiger partial charge in [-0.15, -0.1) is 0 Å². The highest BCUT2D eigenvalue weighted by Gasteiger charge is 2.38. The van der Waals surface area contributed by atoms with Gasteiger partial charge >= 0.3 is 5.97 Å². The molecule has 1 rings (SSSR count). The van der Waals surface area contributed by atoms with Gasteiger partial charge in [0.15, 0.2) is 0 Å². The minimum absolute atomic E-state index is 0.143. The molecule has 1 aliphatic rings. The molecule has 0 aromatic rings. The first-order valence-electron chi connectivity index (χ1n) is 7.54. The quantitative estimate of drug-likeness (QED) is 0.778. The second kappa shape index (κ2) is 6.87. The number of carbonyl (C=O) groups is 1. The molecule has 5 heteroatoms. The fraction of sp³-hybridized carbons (Fsp3) is 0.933. The van der Waals surface area contributed by atoms with Crippen molar-refractivity contribution in [2.24, 2.45) is 0 Å². The van der Waals surface area contributed by atoms with Crippen LogP contribution in [0.1, 0.15) is 48.0 Å². The van der Waals surface area contributed by atoms with E-state index in [-0.39, 0.29) is 18.2 Å². The third-order valence-corrected chi connectivity index (χ3v) is 4.01. The Labute approximate surface area is 122 Å². The average molecular weight is 286 g/mol. The number of nitrogens with zero attached hydrogens (tertiary/aromatic N) is 1. The van der Waals surface area contributed by atoms with Crippen LogP contribution in [0.15, 0.2) is 0 Å². The molecule has 1 aliphatic heterocycles. The molecule has 2 N–H and O–H groups in total. The molecule has 0 radical (unpaired) electrons. The van der Waals surface area contributed by atoms with Crippen LogP contribution in [-0.4, -0.2) is 58.9 Å². The van der Waals surface area contributed by atoms with Gasteiger partial charge in [-0.2, -0.15) is 0 Å². The van der Waals surface area contributed by atoms with Gasteiger partial charge in [0, 0.05) is 24.7 Å². The summed E-state index contributed by atoms with van der Waals surface area (Å²) in [6.07, 6.45) is 0.792. The van der Waals surface area contributed by atoms with Crippen molar-refractivity contribution in [3.8, 4) is 0 Å². The minimum atomic E-state index is -0.894. The lowest BCUT2D eigenvalue weighted by Crippen LogP contribution is -2.58. The molecular formula is C15H30N2O3. The van der Waals surface area contributed by atoms with Crippen molar-refractivity contribution in [1.29, 1.82) is 0 Å². The van der Waals surface area contributed by atoms with Crippen molar-refractivity contribution < 1.29 is 14.6 Å². The smallest absolute Gasteiger partial charge is 0.323 e. The van der Waals surface area contributed by atoms with Crippen LogP contribution in [0.2, 0.25) is 0 Å². The largest absolute Gasteiger partial charge is 0.480 e. The van der Waals surface area contributed by atoms with Gasteiger partial charge in [-0.05, 0) is 48.0 Å². The lowest BCUT2D eigenvalue weighted by molar-refractivity contribution is -0.146. The molecule has 1 saturated heterocycles. The summed E-state index contributed by atoms with van der Waals surface area (Å²) >= 11 is 0. The Morgan fingerprint density at radius 1 is 1.45 bits per heavy atom. The number of rotatable bonds is 6. The number of aliphatic carboxylic acids is 1. The zero-order chi connectivity index (χ0) is 15.5. The van der Waals surface area contributed by atoms with Crippen LogP contribution in [0.5, 0.6) is 0 Å². The zero-order valence-corrected chi connectivity index (χ0v) is 13.6. The number of nitrogens with one attached hydrogen (secondary N) is 1. The van der Waals surface area contributed by atoms with Crippen LogP contribution >= 0.6 is 0 Å². The molecule has 5 nitrogen and oxygen atoms in total. The van der Waals surface area contributed by atoms with E-state index in [1.807, 2.05) is 13.8 Å². The average Bonchev–Trinajstić information content (AvgIpc) is 2.30. The van der Waals surface area contributed by atoms with E-state index in [9.17, 15) is 9.90 Å². The van der Waals surface area contributed by atoms with Gasteiger partial charge in [0.25, 0.3) is 0 Å². The molecule has 0 aliphatic carbocycles. The van der Waals surface area contributed by atoms with E-state index in [1.165, 1.54) is 0 Å². The third kappa shape index (κ3) is 4.43. The first-order valence-corrected chi connectivity index (χ1v) is 7.54. The molecule has 4 unspecified atom stereocenters. The lowest BCUT2D eigenvalue weighted by atomic mass is 9.91. The Bertz CT molecular complexity index is 335. The van der Waals surface area contributed by atoms with Gasteiger partial charge in [-0.1, -0.05) is 0 Å². The second-order valence-electron chi connectivity index (χ2n) is 6.68. The lowest BCUT2D eigenvalue weighted by Gasteiger charge is -2.43. The van der Waals surface area contributed by atoms with E-state index in [0.29, 0.717) is 19.1 Å². The third-order valence-electron chi connectivity index (χ3n) is 4.01. The Morgan fingerprint density at radius 3 is 2.55 bits per heavy atom. The maximum Gasteiger partial charge on any atom is 0.323 e. The van der Waals surface area contributed by atoms with Crippen LogP contribution in [0.25, 0.3) is 0 Å². The second-order valence-corrected chi connectivity index (χ2v) is 6.68. The van der Waals surface area contributed by atoms with Crippen molar-refractivity contribution in [3.05, 3.63) is 0 Å². The summed E-state index contributed by atoms with van der Waals surface area (Å²) in [7, 11) is 0. The predicted molar refractivity (Wildman–Crippen MR) is 80.0 cm³/mol. The Hall–Kier alpha value is -0.650. The van der Waals surface area contributed by atoms with Crippen molar-refractivity contribution >= 4 is 5.97 Å². The normalized spacial score (nSPS) is 29.1. The van der Waals surface area contributed by atoms with Gasteiger partial charge in [0.1, 0.15) is 5.54 Å². The standard InChI is InChI=1S/C15H30N2O3/c1-10(2)16-15(6,14(18)19)7-11(3)17-8-13(5)20-9-12(17)4/h10-13,16H,7-9H2,1-6H3,(H,18,19). The van der Waals surface area contributed by atoms with E-state index in [2.05, 4.69) is 31.0 Å². The molecule has 1 fully saturated rings. The fourth-order valence-electron chi connectivity index (χ4n) is 3.10. The highest BCUT2D eigenvalue weighted by atomic mass is 16.5. The van der Waals surface area contributed by atoms with Crippen LogP contribution in [0, 0.1) is 0 Å². The Kier molecular flexibility index (Phi) is 5.98. The number of ether oxygens (including phenoxy) is 1. The molecule has 1 heterocycles. The molecule has 0 aromatic heterocycles. The van der Waals surface area contributed by atoms with Crippen LogP contribution in [0.4, 0.5) is 0 Å². The van der Waals surface area contributed by atoms with Crippen molar-refractivity contribution in [3.63, 3.8) is 0 Å². The van der Waals surface area contributed by atoms with Crippen molar-refractivity contribution in [2.75, 3.05) is 13.2 Å². The highest BCUT2D eigenvalue weighted by molar-refractivity contribution is 5.78. The maximum absolute atomic E-state index is 11.6. The highest BCUT2D eigenvalue weighted by Crippen LogP contribution is 2.22. The summed E-state index contributed by atoms with van der Waals surface area (Å²) in [5.74, 6) is -0.785. The summed E-state index contributed by atoms with van der Waals surface area (Å²) in [5.41, 5.74) is -0.894. The van der Waals surface area contributed by atoms with E-state index >= 15 is 0 Å². The summed E-state index contributed by atoms with van der Waals surface area (Å²) in [4.78, 5) is 14.0. The number of hydrogen-bond donors (Lipinski definition) is 2. The summed E-state index contributed by atoms with van der Waals surface area (Å²) < 4.78 is 5.64. The topological polar surface area (TPSA) is 61.8 Å². The molecule has 0 spiro atoms. The number of carboxylic acids is 1. The maximum atomic E-state index is 11.6. The van der Waals surface area contributed by atoms with Gasteiger partial charge < -0.3 is 9.84 Å². The summed E-state index contributed by atoms with van der Waals surface area (Å²) in [5, 5.41) is 12.7. The monoisotopic (exact) mass is 286 g/mol. The molecule has 0 saturated carbocycles. The fourth-order valence-corrected chi connectivity index (χ4v) is 3.10. The molecule has 20 heavy (non-hydrogen) atoms. The summed E-state index contributed by atoms with van der Waals surface area (Å²) in [6, 6.07) is 0.673. The first kappa shape index (κ1) is 17.4. The van der Waals surface area contributed by atoms with Crippen molar-refractivity contribution in [2.45, 2.75) is 77.7 Å². The van der Waals surface area contributed by atoms with E-state index in [1.54, 1.807) is 6.92 Å². The summed E-state index contributed by atoms with van der Waals surface area (Å²) in [6.45, 7) is 13.6. The minimum Gasteiger partial charge on any atom is -0.480 e. The van der Waals surface area contributed by atoms with Gasteiger partial charge in [-0.3, -0.25) is 15.0 Å². The van der Waals surface area contributed by atoms with Gasteiger partial charge in [-0.25, -0.2) is 0 Å². The predicted octanol–water partition coefficient (Wildman–Crippen LogP) is 1.72. The molecule has 0 bridgehead atoms. The van der Waals surface area contributed by atoms with E-state index in [4.69, 9.17) is 4.74 Å². The van der Waals surface area contributed by atoms with Crippen LogP contribution < -0.4 is 5.32 Å². The molecule has 0 amide bonds. The number of hydrogen-bond acceptors (Lipinski definition) is 4. The number of carboxylic acid groups (broad SMARTS) is 1. The molecule has 0 aromatic carbocycles. The molecule has 118 valence electrons. The van der Waals surface area contributed by atoms with Crippen molar-refractivity contribution in [1.82, 2.24) is 10.2 Å². The van der Waals surface area contributed by atoms with E-state index < -0.39 is 11.5 Å². The number of morpholine rings is 1. The van der Waals surface area contributed by atoms with Crippen LogP contribution in [-0.2, 0) is 9.53 Å². The zero-order valence-electron chi connectivity index (χ0n) is 13.6. The molecule has 4 atom stereocenters. The van der Waals surface area contributed by atoms with Gasteiger partial charge in [0.2, 0.25) is 0 Å². The molecular weight excluding hydrogens is 256 g/mol. The van der Waals surface area contributed by atoms with Gasteiger partial charge in [0.05, 0.1) is 12.7 Å². The Morgan fingerprint density at radius 2 is 2.05 bits per heavy atom. The SMILES string of the molecule is CC(C)NC(C)(CC(C)N1CC(C)OCC1C)C(=O)O. The first-order chi connectivity index (χ1) is 9.15. The van der Waals surface area contributed by atoms with Crippen LogP contribution in [0.3, 0.4) is 0 Å². The van der Waals surface area contributed by atoms with E-state index in [0.717, 1.165) is 6.54 Å².